The van der Waals surface area contributed by atoms with Crippen molar-refractivity contribution >= 4 is 5.82 Å². The number of nitrogens with zero attached hydrogens (tertiary/aromatic N) is 2. The fourth-order valence-electron chi connectivity index (χ4n) is 1.60. The second-order valence-electron chi connectivity index (χ2n) is 4.63. The van der Waals surface area contributed by atoms with Crippen molar-refractivity contribution in [3.05, 3.63) is 23.4 Å². The molecule has 0 aromatic carbocycles. The third-order valence-electron chi connectivity index (χ3n) is 3.32. The maximum Gasteiger partial charge on any atom is 0.433 e. The molecule has 0 fully saturated rings. The molecule has 0 bridgehead atoms. The summed E-state index contributed by atoms with van der Waals surface area (Å²) in [6.45, 7) is 4.05. The van der Waals surface area contributed by atoms with Crippen molar-refractivity contribution in [1.82, 2.24) is 4.98 Å². The fraction of sp³-hybridized carbons (Fsp3) is 0.538. The van der Waals surface area contributed by atoms with E-state index in [2.05, 4.69) is 10.3 Å². The fourth-order valence-corrected chi connectivity index (χ4v) is 1.60. The molecule has 0 spiro atoms. The van der Waals surface area contributed by atoms with Crippen molar-refractivity contribution in [3.63, 3.8) is 0 Å². The maximum absolute atomic E-state index is 12.6. The molecule has 20 heavy (non-hydrogen) atoms. The average Bonchev–Trinajstić information content (AvgIpc) is 2.43. The van der Waals surface area contributed by atoms with Gasteiger partial charge in [-0.25, -0.2) is 4.98 Å². The van der Waals surface area contributed by atoms with Crippen molar-refractivity contribution in [2.75, 3.05) is 11.9 Å². The van der Waals surface area contributed by atoms with Crippen LogP contribution in [0.2, 0.25) is 0 Å². The number of halogens is 3. The highest BCUT2D eigenvalue weighted by molar-refractivity contribution is 5.52. The van der Waals surface area contributed by atoms with Gasteiger partial charge in [0, 0.05) is 12.1 Å². The molecule has 4 nitrogen and oxygen atoms in total. The minimum atomic E-state index is -4.54. The molecule has 0 aliphatic heterocycles. The van der Waals surface area contributed by atoms with E-state index in [1.165, 1.54) is 0 Å². The van der Waals surface area contributed by atoms with E-state index >= 15 is 0 Å². The van der Waals surface area contributed by atoms with Gasteiger partial charge in [0.05, 0.1) is 5.56 Å². The molecular formula is C13H17F3N4. The highest BCUT2D eigenvalue weighted by atomic mass is 19.4. The number of anilines is 1. The molecule has 1 rings (SSSR count). The molecule has 0 saturated heterocycles. The van der Waals surface area contributed by atoms with Crippen LogP contribution in [0.5, 0.6) is 0 Å². The molecule has 7 heteroatoms. The molecule has 1 aromatic rings. The van der Waals surface area contributed by atoms with Gasteiger partial charge in [-0.2, -0.15) is 18.4 Å². The molecule has 0 saturated carbocycles. The van der Waals surface area contributed by atoms with Crippen molar-refractivity contribution < 1.29 is 13.2 Å². The normalized spacial score (nSPS) is 12.1. The summed E-state index contributed by atoms with van der Waals surface area (Å²) in [7, 11) is 0. The lowest BCUT2D eigenvalue weighted by Crippen LogP contribution is -2.45. The zero-order chi connectivity index (χ0) is 15.4. The van der Waals surface area contributed by atoms with Crippen LogP contribution in [0.1, 0.15) is 37.9 Å². The highest BCUT2D eigenvalue weighted by Gasteiger charge is 2.33. The van der Waals surface area contributed by atoms with Crippen LogP contribution >= 0.6 is 0 Å². The van der Waals surface area contributed by atoms with Crippen molar-refractivity contribution in [2.45, 2.75) is 38.4 Å². The smallest absolute Gasteiger partial charge is 0.367 e. The van der Waals surface area contributed by atoms with Gasteiger partial charge in [0.1, 0.15) is 17.6 Å². The molecule has 3 N–H and O–H groups in total. The Morgan fingerprint density at radius 3 is 2.35 bits per heavy atom. The Morgan fingerprint density at radius 1 is 1.30 bits per heavy atom. The van der Waals surface area contributed by atoms with Gasteiger partial charge in [0.2, 0.25) is 0 Å². The Bertz CT molecular complexity index is 501. The minimum Gasteiger partial charge on any atom is -0.367 e. The predicted molar refractivity (Wildman–Crippen MR) is 69.9 cm³/mol. The van der Waals surface area contributed by atoms with Crippen LogP contribution in [-0.2, 0) is 6.18 Å². The molecule has 0 aliphatic rings. The van der Waals surface area contributed by atoms with Crippen LogP contribution in [0, 0.1) is 11.3 Å². The zero-order valence-corrected chi connectivity index (χ0v) is 11.4. The van der Waals surface area contributed by atoms with Crippen molar-refractivity contribution in [3.8, 4) is 6.07 Å². The molecule has 0 amide bonds. The number of alkyl halides is 3. The molecule has 1 aromatic heterocycles. The molecule has 1 heterocycles. The van der Waals surface area contributed by atoms with Gasteiger partial charge in [-0.3, -0.25) is 0 Å². The van der Waals surface area contributed by atoms with Crippen molar-refractivity contribution in [2.24, 2.45) is 5.73 Å². The highest BCUT2D eigenvalue weighted by Crippen LogP contribution is 2.29. The summed E-state index contributed by atoms with van der Waals surface area (Å²) in [6.07, 6.45) is -3.21. The monoisotopic (exact) mass is 286 g/mol. The van der Waals surface area contributed by atoms with E-state index in [1.807, 2.05) is 19.9 Å². The van der Waals surface area contributed by atoms with Gasteiger partial charge < -0.3 is 11.1 Å². The average molecular weight is 286 g/mol. The summed E-state index contributed by atoms with van der Waals surface area (Å²) in [4.78, 5) is 3.47. The van der Waals surface area contributed by atoms with Crippen LogP contribution in [-0.4, -0.2) is 17.1 Å². The number of hydrogen-bond acceptors (Lipinski definition) is 4. The summed E-state index contributed by atoms with van der Waals surface area (Å²) in [5.41, 5.74) is 4.56. The van der Waals surface area contributed by atoms with Gasteiger partial charge >= 0.3 is 6.18 Å². The van der Waals surface area contributed by atoms with E-state index in [4.69, 9.17) is 11.0 Å². The van der Waals surface area contributed by atoms with E-state index in [9.17, 15) is 13.2 Å². The third kappa shape index (κ3) is 3.84. The number of pyridine rings is 1. The largest absolute Gasteiger partial charge is 0.433 e. The second-order valence-corrected chi connectivity index (χ2v) is 4.63. The first-order valence-electron chi connectivity index (χ1n) is 6.27. The number of rotatable bonds is 5. The SMILES string of the molecule is CCC(N)(CC)CNc1nc(C(F)(F)F)ccc1C#N. The van der Waals surface area contributed by atoms with Gasteiger partial charge in [-0.05, 0) is 25.0 Å². The first-order valence-corrected chi connectivity index (χ1v) is 6.27. The van der Waals surface area contributed by atoms with E-state index in [-0.39, 0.29) is 17.9 Å². The summed E-state index contributed by atoms with van der Waals surface area (Å²) < 4.78 is 37.8. The maximum atomic E-state index is 12.6. The lowest BCUT2D eigenvalue weighted by atomic mass is 9.94. The molecular weight excluding hydrogens is 269 g/mol. The quantitative estimate of drug-likeness (QED) is 0.872. The Morgan fingerprint density at radius 2 is 1.90 bits per heavy atom. The lowest BCUT2D eigenvalue weighted by molar-refractivity contribution is -0.141. The molecule has 110 valence electrons. The Balaban J connectivity index is 3.02. The van der Waals surface area contributed by atoms with Crippen LogP contribution < -0.4 is 11.1 Å². The van der Waals surface area contributed by atoms with Gasteiger partial charge in [-0.1, -0.05) is 13.8 Å². The number of hydrogen-bond donors (Lipinski definition) is 2. The van der Waals surface area contributed by atoms with Crippen LogP contribution in [0.25, 0.3) is 0 Å². The molecule has 0 aliphatic carbocycles. The molecule has 0 radical (unpaired) electrons. The Labute approximate surface area is 115 Å². The van der Waals surface area contributed by atoms with Gasteiger partial charge in [0.15, 0.2) is 0 Å². The predicted octanol–water partition coefficient (Wildman–Crippen LogP) is 2.90. The number of nitrogens with two attached hydrogens (primary N) is 1. The number of nitrogens with one attached hydrogen (secondary N) is 1. The molecule has 0 unspecified atom stereocenters. The van der Waals surface area contributed by atoms with Crippen LogP contribution in [0.3, 0.4) is 0 Å². The van der Waals surface area contributed by atoms with Gasteiger partial charge in [0.25, 0.3) is 0 Å². The minimum absolute atomic E-state index is 0.0626. The van der Waals surface area contributed by atoms with Crippen LogP contribution in [0.4, 0.5) is 19.0 Å². The lowest BCUT2D eigenvalue weighted by Gasteiger charge is -2.27. The third-order valence-corrected chi connectivity index (χ3v) is 3.32. The zero-order valence-electron chi connectivity index (χ0n) is 11.4. The van der Waals surface area contributed by atoms with E-state index in [1.54, 1.807) is 0 Å². The second kappa shape index (κ2) is 6.09. The van der Waals surface area contributed by atoms with Crippen molar-refractivity contribution in [1.29, 1.82) is 5.26 Å². The summed E-state index contributed by atoms with van der Waals surface area (Å²) >= 11 is 0. The first-order chi connectivity index (χ1) is 9.25. The Hall–Kier alpha value is -1.81. The summed E-state index contributed by atoms with van der Waals surface area (Å²) in [5, 5.41) is 11.7. The van der Waals surface area contributed by atoms with E-state index in [0.29, 0.717) is 12.8 Å². The van der Waals surface area contributed by atoms with Crippen LogP contribution in [0.15, 0.2) is 12.1 Å². The summed E-state index contributed by atoms with van der Waals surface area (Å²) in [6, 6.07) is 3.71. The van der Waals surface area contributed by atoms with E-state index in [0.717, 1.165) is 12.1 Å². The number of nitriles is 1. The standard InChI is InChI=1S/C13H17F3N4/c1-3-12(18,4-2)8-19-11-9(7-17)5-6-10(20-11)13(14,15)16/h5-6H,3-4,8,18H2,1-2H3,(H,19,20). The topological polar surface area (TPSA) is 74.7 Å². The summed E-state index contributed by atoms with van der Waals surface area (Å²) in [5.74, 6) is -0.0842. The van der Waals surface area contributed by atoms with Gasteiger partial charge in [-0.15, -0.1) is 0 Å². The van der Waals surface area contributed by atoms with E-state index < -0.39 is 17.4 Å². The number of aromatic nitrogens is 1. The Kier molecular flexibility index (Phi) is 4.95. The first kappa shape index (κ1) is 16.2. The molecule has 0 atom stereocenters.